The van der Waals surface area contributed by atoms with Crippen molar-refractivity contribution in [3.8, 4) is 22.8 Å². The third-order valence-electron chi connectivity index (χ3n) is 8.23. The molecule has 0 radical (unpaired) electrons. The molecule has 1 aliphatic rings. The molecule has 0 bridgehead atoms. The fourth-order valence-corrected chi connectivity index (χ4v) is 6.36. The van der Waals surface area contributed by atoms with Crippen molar-refractivity contribution < 1.29 is 14.3 Å². The molecule has 0 saturated carbocycles. The minimum absolute atomic E-state index is 0.157. The average Bonchev–Trinajstić information content (AvgIpc) is 3.33. The molecule has 0 aliphatic carbocycles. The summed E-state index contributed by atoms with van der Waals surface area (Å²) in [6.07, 6.45) is 0.709. The van der Waals surface area contributed by atoms with E-state index in [-0.39, 0.29) is 11.5 Å². The number of carbonyl (C=O) groups is 1. The van der Waals surface area contributed by atoms with Crippen molar-refractivity contribution in [2.75, 3.05) is 19.5 Å². The number of hydrogen-bond acceptors (Lipinski definition) is 4. The highest BCUT2D eigenvalue weighted by atomic mass is 16.5. The molecule has 0 spiro atoms. The van der Waals surface area contributed by atoms with Crippen LogP contribution in [0.2, 0.25) is 0 Å². The van der Waals surface area contributed by atoms with E-state index in [1.807, 2.05) is 42.5 Å². The second-order valence-electron chi connectivity index (χ2n) is 10.3. The Hall–Kier alpha value is -5.04. The van der Waals surface area contributed by atoms with Crippen LogP contribution in [0.5, 0.6) is 11.5 Å². The number of carbonyl (C=O) groups excluding carboxylic acids is 1. The summed E-state index contributed by atoms with van der Waals surface area (Å²) in [5.41, 5.74) is 5.86. The molecule has 0 atom stereocenters. The number of hydrogen-bond donors (Lipinski definition) is 1. The lowest BCUT2D eigenvalue weighted by Gasteiger charge is -2.26. The highest BCUT2D eigenvalue weighted by molar-refractivity contribution is 6.18. The predicted molar refractivity (Wildman–Crippen MR) is 164 cm³/mol. The van der Waals surface area contributed by atoms with E-state index in [0.717, 1.165) is 39.5 Å². The first-order valence-electron chi connectivity index (χ1n) is 13.8. The van der Waals surface area contributed by atoms with Crippen LogP contribution in [0.15, 0.2) is 83.7 Å². The van der Waals surface area contributed by atoms with Crippen molar-refractivity contribution in [2.45, 2.75) is 26.4 Å². The van der Waals surface area contributed by atoms with Crippen LogP contribution in [-0.2, 0) is 19.5 Å². The lowest BCUT2D eigenvalue weighted by atomic mass is 9.91. The van der Waals surface area contributed by atoms with Gasteiger partial charge in [0.2, 0.25) is 0 Å². The Kier molecular flexibility index (Phi) is 5.82. The van der Waals surface area contributed by atoms with E-state index in [4.69, 9.17) is 9.47 Å². The SMILES string of the molecule is CCn1c2ccccc2c2cc(NC(=O)c3c4n(c(=O)c5cc(OC)c(OC)cc35)CCc3ccccc3-4)ccc21. The van der Waals surface area contributed by atoms with Gasteiger partial charge in [-0.05, 0) is 55.3 Å². The Bertz CT molecular complexity index is 2090. The number of methoxy groups -OCH3 is 2. The molecule has 6 aromatic rings. The van der Waals surface area contributed by atoms with Crippen molar-refractivity contribution in [3.63, 3.8) is 0 Å². The number of anilines is 1. The first-order chi connectivity index (χ1) is 20.0. The highest BCUT2D eigenvalue weighted by Gasteiger charge is 2.28. The van der Waals surface area contributed by atoms with E-state index >= 15 is 0 Å². The second kappa shape index (κ2) is 9.55. The molecule has 4 aromatic carbocycles. The molecule has 3 heterocycles. The van der Waals surface area contributed by atoms with Crippen molar-refractivity contribution in [2.24, 2.45) is 0 Å². The third kappa shape index (κ3) is 3.73. The number of fused-ring (bicyclic) bond motifs is 7. The van der Waals surface area contributed by atoms with E-state index in [2.05, 4.69) is 41.1 Å². The number of nitrogens with one attached hydrogen (secondary N) is 1. The van der Waals surface area contributed by atoms with E-state index in [1.165, 1.54) is 7.11 Å². The van der Waals surface area contributed by atoms with Gasteiger partial charge in [0, 0.05) is 51.5 Å². The number of amides is 1. The molecule has 7 rings (SSSR count). The van der Waals surface area contributed by atoms with Gasteiger partial charge >= 0.3 is 0 Å². The number of aromatic nitrogens is 2. The maximum absolute atomic E-state index is 14.3. The standard InChI is InChI=1S/C34H29N3O4/c1-4-36-27-12-8-7-11-23(27)24-17-21(13-14-28(24)36)35-33(38)31-25-18-29(40-2)30(41-3)19-26(25)34(39)37-16-15-20-9-5-6-10-22(20)32(31)37/h5-14,17-19H,4,15-16H2,1-3H3,(H,35,38). The molecule has 0 fully saturated rings. The lowest BCUT2D eigenvalue weighted by molar-refractivity contribution is 0.102. The normalized spacial score (nSPS) is 12.4. The van der Waals surface area contributed by atoms with Gasteiger partial charge in [-0.25, -0.2) is 0 Å². The smallest absolute Gasteiger partial charge is 0.259 e. The lowest BCUT2D eigenvalue weighted by Crippen LogP contribution is -2.30. The number of nitrogens with zero attached hydrogens (tertiary/aromatic N) is 2. The fraction of sp³-hybridized carbons (Fsp3) is 0.176. The number of aryl methyl sites for hydroxylation is 2. The maximum Gasteiger partial charge on any atom is 0.259 e. The Labute approximate surface area is 236 Å². The van der Waals surface area contributed by atoms with Gasteiger partial charge in [-0.2, -0.15) is 0 Å². The van der Waals surface area contributed by atoms with Gasteiger partial charge in [0.1, 0.15) is 0 Å². The molecule has 0 unspecified atom stereocenters. The Morgan fingerprint density at radius 1 is 0.829 bits per heavy atom. The summed E-state index contributed by atoms with van der Waals surface area (Å²) in [6, 6.07) is 25.7. The van der Waals surface area contributed by atoms with Crippen molar-refractivity contribution in [1.29, 1.82) is 0 Å². The summed E-state index contributed by atoms with van der Waals surface area (Å²) in [4.78, 5) is 28.2. The molecule has 0 saturated heterocycles. The Morgan fingerprint density at radius 2 is 1.54 bits per heavy atom. The quantitative estimate of drug-likeness (QED) is 0.265. The summed E-state index contributed by atoms with van der Waals surface area (Å²) < 4.78 is 15.1. The Morgan fingerprint density at radius 3 is 2.32 bits per heavy atom. The summed E-state index contributed by atoms with van der Waals surface area (Å²) in [6.45, 7) is 3.46. The Balaban J connectivity index is 1.46. The van der Waals surface area contributed by atoms with E-state index < -0.39 is 0 Å². The topological polar surface area (TPSA) is 74.5 Å². The number of benzene rings is 4. The average molecular weight is 544 g/mol. The molecule has 41 heavy (non-hydrogen) atoms. The molecule has 7 nitrogen and oxygen atoms in total. The molecule has 1 N–H and O–H groups in total. The van der Waals surface area contributed by atoms with E-state index in [1.54, 1.807) is 23.8 Å². The largest absolute Gasteiger partial charge is 0.493 e. The fourth-order valence-electron chi connectivity index (χ4n) is 6.36. The van der Waals surface area contributed by atoms with E-state index in [0.29, 0.717) is 52.2 Å². The minimum Gasteiger partial charge on any atom is -0.493 e. The minimum atomic E-state index is -0.291. The van der Waals surface area contributed by atoms with Crippen LogP contribution >= 0.6 is 0 Å². The number of rotatable bonds is 5. The van der Waals surface area contributed by atoms with Gasteiger partial charge in [0.25, 0.3) is 11.5 Å². The first-order valence-corrected chi connectivity index (χ1v) is 13.8. The molecule has 204 valence electrons. The third-order valence-corrected chi connectivity index (χ3v) is 8.23. The maximum atomic E-state index is 14.3. The highest BCUT2D eigenvalue weighted by Crippen LogP contribution is 2.39. The van der Waals surface area contributed by atoms with Gasteiger partial charge in [-0.15, -0.1) is 0 Å². The second-order valence-corrected chi connectivity index (χ2v) is 10.3. The van der Waals surface area contributed by atoms with Gasteiger partial charge in [0.15, 0.2) is 11.5 Å². The van der Waals surface area contributed by atoms with Gasteiger partial charge < -0.3 is 23.9 Å². The van der Waals surface area contributed by atoms with Crippen LogP contribution in [-0.4, -0.2) is 29.3 Å². The molecule has 1 aliphatic heterocycles. The van der Waals surface area contributed by atoms with Crippen LogP contribution in [0, 0.1) is 0 Å². The van der Waals surface area contributed by atoms with Crippen LogP contribution < -0.4 is 20.3 Å². The summed E-state index contributed by atoms with van der Waals surface area (Å²) in [5, 5.41) is 6.32. The predicted octanol–water partition coefficient (Wildman–Crippen LogP) is 6.62. The zero-order valence-corrected chi connectivity index (χ0v) is 23.2. The molecule has 2 aromatic heterocycles. The molecule has 1 amide bonds. The van der Waals surface area contributed by atoms with Crippen LogP contribution in [0.3, 0.4) is 0 Å². The zero-order valence-electron chi connectivity index (χ0n) is 23.2. The van der Waals surface area contributed by atoms with Gasteiger partial charge in [-0.1, -0.05) is 42.5 Å². The first kappa shape index (κ1) is 25.0. The van der Waals surface area contributed by atoms with Gasteiger partial charge in [-0.3, -0.25) is 9.59 Å². The van der Waals surface area contributed by atoms with Crippen molar-refractivity contribution in [3.05, 3.63) is 100 Å². The molecular weight excluding hydrogens is 514 g/mol. The van der Waals surface area contributed by atoms with Crippen molar-refractivity contribution in [1.82, 2.24) is 9.13 Å². The number of ether oxygens (including phenoxy) is 2. The van der Waals surface area contributed by atoms with Gasteiger partial charge in [0.05, 0.1) is 30.9 Å². The monoisotopic (exact) mass is 543 g/mol. The van der Waals surface area contributed by atoms with Crippen molar-refractivity contribution >= 4 is 44.2 Å². The summed E-state index contributed by atoms with van der Waals surface area (Å²) in [7, 11) is 3.08. The van der Waals surface area contributed by atoms with Crippen LogP contribution in [0.4, 0.5) is 5.69 Å². The summed E-state index contributed by atoms with van der Waals surface area (Å²) >= 11 is 0. The number of pyridine rings is 1. The molecule has 7 heteroatoms. The van der Waals surface area contributed by atoms with E-state index in [9.17, 15) is 9.59 Å². The van der Waals surface area contributed by atoms with Crippen LogP contribution in [0.1, 0.15) is 22.8 Å². The zero-order chi connectivity index (χ0) is 28.2. The number of para-hydroxylation sites is 1. The summed E-state index contributed by atoms with van der Waals surface area (Å²) in [5.74, 6) is 0.607. The molecular formula is C34H29N3O4. The van der Waals surface area contributed by atoms with Crippen LogP contribution in [0.25, 0.3) is 43.8 Å².